The van der Waals surface area contributed by atoms with Crippen molar-refractivity contribution in [3.05, 3.63) is 53.9 Å². The van der Waals surface area contributed by atoms with E-state index in [1.165, 1.54) is 0 Å². The summed E-state index contributed by atoms with van der Waals surface area (Å²) in [5.74, 6) is 0.967. The van der Waals surface area contributed by atoms with Gasteiger partial charge in [0.25, 0.3) is 5.91 Å². The number of aryl methyl sites for hydroxylation is 1. The topological polar surface area (TPSA) is 72.7 Å². The number of amides is 1. The van der Waals surface area contributed by atoms with Crippen molar-refractivity contribution in [2.75, 3.05) is 0 Å². The van der Waals surface area contributed by atoms with Crippen LogP contribution in [0.2, 0.25) is 0 Å². The summed E-state index contributed by atoms with van der Waals surface area (Å²) in [4.78, 5) is 25.1. The van der Waals surface area contributed by atoms with Gasteiger partial charge in [-0.1, -0.05) is 0 Å². The molecule has 1 amide bonds. The van der Waals surface area contributed by atoms with Crippen LogP contribution in [0.5, 0.6) is 0 Å². The number of aromatic nitrogens is 4. The molecule has 0 saturated heterocycles. The molecule has 0 atom stereocenters. The smallest absolute Gasteiger partial charge is 0.253 e. The Morgan fingerprint density at radius 2 is 2.18 bits per heavy atom. The predicted molar refractivity (Wildman–Crippen MR) is 81.3 cm³/mol. The lowest BCUT2D eigenvalue weighted by Crippen LogP contribution is -2.24. The number of rotatable bonds is 3. The summed E-state index contributed by atoms with van der Waals surface area (Å²) < 4.78 is 2.18. The van der Waals surface area contributed by atoms with Gasteiger partial charge in [-0.25, -0.2) is 4.98 Å². The van der Waals surface area contributed by atoms with Crippen LogP contribution in [0.25, 0.3) is 11.0 Å². The molecular weight excluding hydrogens is 278 g/mol. The maximum atomic E-state index is 12.3. The van der Waals surface area contributed by atoms with Crippen molar-refractivity contribution in [3.8, 4) is 0 Å². The largest absolute Gasteiger partial charge is 0.346 e. The van der Waals surface area contributed by atoms with Gasteiger partial charge in [0, 0.05) is 25.4 Å². The van der Waals surface area contributed by atoms with Gasteiger partial charge in [-0.2, -0.15) is 0 Å². The minimum absolute atomic E-state index is 0.145. The molecule has 0 bridgehead atoms. The lowest BCUT2D eigenvalue weighted by atomic mass is 10.2. The monoisotopic (exact) mass is 293 g/mol. The van der Waals surface area contributed by atoms with E-state index in [-0.39, 0.29) is 5.91 Å². The summed E-state index contributed by atoms with van der Waals surface area (Å²) in [6.07, 6.45) is 7.27. The second kappa shape index (κ2) is 5.22. The fourth-order valence-electron chi connectivity index (χ4n) is 2.81. The number of hydrogen-bond acceptors (Lipinski definition) is 4. The molecule has 1 aliphatic rings. The predicted octanol–water partition coefficient (Wildman–Crippen LogP) is 1.70. The Bertz CT molecular complexity index is 855. The maximum absolute atomic E-state index is 12.3. The van der Waals surface area contributed by atoms with Crippen molar-refractivity contribution < 1.29 is 4.79 Å². The minimum atomic E-state index is -0.145. The number of nitrogens with zero attached hydrogens (tertiary/aromatic N) is 4. The van der Waals surface area contributed by atoms with Crippen LogP contribution in [0.4, 0.5) is 0 Å². The fourth-order valence-corrected chi connectivity index (χ4v) is 2.81. The fraction of sp³-hybridized carbons (Fsp3) is 0.250. The van der Waals surface area contributed by atoms with Crippen molar-refractivity contribution >= 4 is 16.9 Å². The highest BCUT2D eigenvalue weighted by Crippen LogP contribution is 2.16. The normalized spacial score (nSPS) is 13.3. The zero-order valence-electron chi connectivity index (χ0n) is 12.0. The Morgan fingerprint density at radius 1 is 1.23 bits per heavy atom. The quantitative estimate of drug-likeness (QED) is 0.798. The first-order valence-corrected chi connectivity index (χ1v) is 7.33. The molecule has 3 aromatic heterocycles. The molecule has 4 heterocycles. The van der Waals surface area contributed by atoms with Crippen LogP contribution in [-0.2, 0) is 19.5 Å². The van der Waals surface area contributed by atoms with E-state index >= 15 is 0 Å². The van der Waals surface area contributed by atoms with Gasteiger partial charge < -0.3 is 9.88 Å². The molecule has 0 saturated carbocycles. The highest BCUT2D eigenvalue weighted by atomic mass is 16.1. The van der Waals surface area contributed by atoms with Gasteiger partial charge in [-0.05, 0) is 24.6 Å². The summed E-state index contributed by atoms with van der Waals surface area (Å²) >= 11 is 0. The minimum Gasteiger partial charge on any atom is -0.346 e. The van der Waals surface area contributed by atoms with E-state index in [9.17, 15) is 4.79 Å². The molecule has 0 aromatic carbocycles. The van der Waals surface area contributed by atoms with Crippen LogP contribution in [0, 0.1) is 0 Å². The van der Waals surface area contributed by atoms with E-state index in [4.69, 9.17) is 0 Å². The third-order valence-electron chi connectivity index (χ3n) is 3.95. The van der Waals surface area contributed by atoms with E-state index < -0.39 is 0 Å². The zero-order valence-corrected chi connectivity index (χ0v) is 12.0. The van der Waals surface area contributed by atoms with E-state index in [1.54, 1.807) is 18.5 Å². The molecule has 1 N–H and O–H groups in total. The third kappa shape index (κ3) is 2.22. The van der Waals surface area contributed by atoms with Gasteiger partial charge in [0.15, 0.2) is 0 Å². The molecule has 22 heavy (non-hydrogen) atoms. The van der Waals surface area contributed by atoms with Gasteiger partial charge in [-0.3, -0.25) is 14.8 Å². The Balaban J connectivity index is 1.51. The van der Waals surface area contributed by atoms with Crippen LogP contribution in [0.15, 0.2) is 36.8 Å². The Labute approximate surface area is 127 Å². The molecule has 110 valence electrons. The number of carbonyl (C=O) groups is 1. The number of hydrogen-bond donors (Lipinski definition) is 1. The second-order valence-electron chi connectivity index (χ2n) is 5.37. The summed E-state index contributed by atoms with van der Waals surface area (Å²) in [6.45, 7) is 1.47. The van der Waals surface area contributed by atoms with Crippen LogP contribution >= 0.6 is 0 Å². The molecular formula is C16H15N5O. The highest BCUT2D eigenvalue weighted by molar-refractivity contribution is 5.96. The summed E-state index contributed by atoms with van der Waals surface area (Å²) in [5.41, 5.74) is 3.08. The number of carbonyl (C=O) groups excluding carboxylic acids is 1. The maximum Gasteiger partial charge on any atom is 0.253 e. The first kappa shape index (κ1) is 12.9. The van der Waals surface area contributed by atoms with Crippen molar-refractivity contribution in [2.24, 2.45) is 0 Å². The second-order valence-corrected chi connectivity index (χ2v) is 5.37. The summed E-state index contributed by atoms with van der Waals surface area (Å²) in [7, 11) is 0. The Morgan fingerprint density at radius 3 is 3.14 bits per heavy atom. The molecule has 0 spiro atoms. The van der Waals surface area contributed by atoms with Gasteiger partial charge in [0.05, 0.1) is 35.0 Å². The SMILES string of the molecule is O=C(NCc1cnc2n1CCC2)c1cnc2cccnc2c1. The van der Waals surface area contributed by atoms with Crippen molar-refractivity contribution in [2.45, 2.75) is 25.9 Å². The average molecular weight is 293 g/mol. The van der Waals surface area contributed by atoms with Crippen LogP contribution in [-0.4, -0.2) is 25.4 Å². The first-order valence-electron chi connectivity index (χ1n) is 7.33. The molecule has 6 nitrogen and oxygen atoms in total. The Hall–Kier alpha value is -2.76. The first-order chi connectivity index (χ1) is 10.8. The highest BCUT2D eigenvalue weighted by Gasteiger charge is 2.16. The molecule has 1 aliphatic heterocycles. The van der Waals surface area contributed by atoms with Gasteiger partial charge in [0.1, 0.15) is 5.82 Å². The van der Waals surface area contributed by atoms with E-state index in [0.29, 0.717) is 12.1 Å². The van der Waals surface area contributed by atoms with Crippen molar-refractivity contribution in [1.82, 2.24) is 24.8 Å². The molecule has 4 rings (SSSR count). The Kier molecular flexibility index (Phi) is 3.07. The molecule has 3 aromatic rings. The van der Waals surface area contributed by atoms with Crippen molar-refractivity contribution in [1.29, 1.82) is 0 Å². The molecule has 0 aliphatic carbocycles. The summed E-state index contributed by atoms with van der Waals surface area (Å²) in [6, 6.07) is 5.47. The van der Waals surface area contributed by atoms with E-state index in [0.717, 1.165) is 41.9 Å². The molecule has 0 unspecified atom stereocenters. The summed E-state index contributed by atoms with van der Waals surface area (Å²) in [5, 5.41) is 2.93. The standard InChI is InChI=1S/C16H15N5O/c22-16(11-7-14-13(18-8-11)3-1-5-17-14)20-10-12-9-19-15-4-2-6-21(12)15/h1,3,5,7-9H,2,4,6,10H2,(H,20,22). The van der Waals surface area contributed by atoms with Crippen LogP contribution in [0.1, 0.15) is 28.3 Å². The van der Waals surface area contributed by atoms with Crippen LogP contribution < -0.4 is 5.32 Å². The van der Waals surface area contributed by atoms with E-state index in [1.807, 2.05) is 18.3 Å². The third-order valence-corrected chi connectivity index (χ3v) is 3.95. The van der Waals surface area contributed by atoms with E-state index in [2.05, 4.69) is 24.8 Å². The number of nitrogens with one attached hydrogen (secondary N) is 1. The number of fused-ring (bicyclic) bond motifs is 2. The lowest BCUT2D eigenvalue weighted by Gasteiger charge is -2.07. The number of pyridine rings is 2. The molecule has 0 radical (unpaired) electrons. The molecule has 0 fully saturated rings. The lowest BCUT2D eigenvalue weighted by molar-refractivity contribution is 0.0950. The molecule has 6 heteroatoms. The van der Waals surface area contributed by atoms with Crippen molar-refractivity contribution in [3.63, 3.8) is 0 Å². The van der Waals surface area contributed by atoms with Gasteiger partial charge >= 0.3 is 0 Å². The average Bonchev–Trinajstić information content (AvgIpc) is 3.16. The van der Waals surface area contributed by atoms with Crippen LogP contribution in [0.3, 0.4) is 0 Å². The zero-order chi connectivity index (χ0) is 14.9. The van der Waals surface area contributed by atoms with Gasteiger partial charge in [-0.15, -0.1) is 0 Å². The number of imidazole rings is 1. The van der Waals surface area contributed by atoms with Gasteiger partial charge in [0.2, 0.25) is 0 Å².